The number of unbranched alkanes of at least 4 members (excludes halogenated alkanes) is 2. The van der Waals surface area contributed by atoms with Crippen LogP contribution in [0.4, 0.5) is 0 Å². The highest BCUT2D eigenvalue weighted by Gasteiger charge is 2.15. The van der Waals surface area contributed by atoms with Gasteiger partial charge < -0.3 is 0 Å². The van der Waals surface area contributed by atoms with Gasteiger partial charge >= 0.3 is 0 Å². The number of benzene rings is 4. The average Bonchev–Trinajstić information content (AvgIpc) is 3.26. The Labute approximate surface area is 382 Å². The summed E-state index contributed by atoms with van der Waals surface area (Å²) in [5.74, 6) is 0. The van der Waals surface area contributed by atoms with Crippen LogP contribution in [0, 0.1) is 121 Å². The zero-order valence-electron chi connectivity index (χ0n) is 38.0. The van der Waals surface area contributed by atoms with E-state index >= 15 is 0 Å². The van der Waals surface area contributed by atoms with Gasteiger partial charge in [-0.1, -0.05) is 165 Å². The molecule has 0 nitrogen and oxygen atoms in total. The molecule has 4 bridgehead atoms. The summed E-state index contributed by atoms with van der Waals surface area (Å²) in [4.78, 5) is 0. The predicted octanol–water partition coefficient (Wildman–Crippen LogP) is 15.0. The van der Waals surface area contributed by atoms with E-state index in [-0.39, 0.29) is 10.8 Å². The third-order valence-corrected chi connectivity index (χ3v) is 11.4. The van der Waals surface area contributed by atoms with E-state index in [0.29, 0.717) is 0 Å². The quantitative estimate of drug-likeness (QED) is 0.157. The molecule has 0 unspecified atom stereocenters. The molecule has 8 aromatic carbocycles. The van der Waals surface area contributed by atoms with Crippen molar-refractivity contribution in [3.8, 4) is 0 Å². The minimum Gasteiger partial charge on any atom is -0.0654 e. The summed E-state index contributed by atoms with van der Waals surface area (Å²) in [6, 6.07) is 88.7. The lowest BCUT2D eigenvalue weighted by atomic mass is 9.86. The maximum atomic E-state index is 3.55. The van der Waals surface area contributed by atoms with Gasteiger partial charge in [-0.05, 0) is 144 Å². The summed E-state index contributed by atoms with van der Waals surface area (Å²) < 4.78 is 0. The fourth-order valence-corrected chi connectivity index (χ4v) is 7.60. The van der Waals surface area contributed by atoms with Crippen LogP contribution in [-0.4, -0.2) is 0 Å². The van der Waals surface area contributed by atoms with E-state index in [2.05, 4.69) is 237 Å². The Morgan fingerprint density at radius 3 is 0.922 bits per heavy atom. The minimum atomic E-state index is -0.0820. The van der Waals surface area contributed by atoms with Gasteiger partial charge in [-0.3, -0.25) is 0 Å². The van der Waals surface area contributed by atoms with Gasteiger partial charge in [-0.15, -0.1) is 0 Å². The van der Waals surface area contributed by atoms with E-state index in [1.165, 1.54) is 11.1 Å². The van der Waals surface area contributed by atoms with Crippen LogP contribution in [0.25, 0.3) is 75.4 Å². The van der Waals surface area contributed by atoms with Gasteiger partial charge in [0.15, 0.2) is 0 Å². The molecular weight excluding hydrogens is 769 g/mol. The van der Waals surface area contributed by atoms with Crippen molar-refractivity contribution < 1.29 is 0 Å². The Balaban J connectivity index is 1.61. The second-order valence-electron chi connectivity index (χ2n) is 18.4. The molecule has 0 atom stereocenters. The first kappa shape index (κ1) is 42.6. The molecule has 0 amide bonds. The Hall–Kier alpha value is -8.04. The number of hydrogen-bond donors (Lipinski definition) is 0. The third-order valence-electron chi connectivity index (χ3n) is 11.4. The van der Waals surface area contributed by atoms with Crippen LogP contribution >= 0.6 is 0 Å². The normalized spacial score (nSPS) is 10.6. The lowest BCUT2D eigenvalue weighted by molar-refractivity contribution is 0.591. The molecule has 0 heterocycles. The average molecular weight is 815 g/mol. The van der Waals surface area contributed by atoms with E-state index in [1.54, 1.807) is 0 Å². The van der Waals surface area contributed by atoms with Gasteiger partial charge in [-0.25, -0.2) is 0 Å². The van der Waals surface area contributed by atoms with Gasteiger partial charge in [0.2, 0.25) is 0 Å². The molecule has 0 radical (unpaired) electrons. The van der Waals surface area contributed by atoms with Crippen LogP contribution < -0.4 is 0 Å². The van der Waals surface area contributed by atoms with Crippen molar-refractivity contribution in [3.63, 3.8) is 0 Å². The van der Waals surface area contributed by atoms with E-state index in [1.807, 2.05) is 0 Å². The second kappa shape index (κ2) is 18.1. The Morgan fingerprint density at radius 2 is 0.609 bits per heavy atom. The first-order valence-corrected chi connectivity index (χ1v) is 22.2. The zero-order chi connectivity index (χ0) is 44.8. The number of fused-ring (bicyclic) bond motifs is 3. The SMILES string of the molecule is CCCCc1cc2c#cc#cc3cc(C(C)(C)C)ccc3c#cc3c4c#cc5ccc(C(C)(C)C)cc5c#cc#cc5cc(CCCC)cc6c#cc#cc(c1)c2c#cc3c4c#cc56. The van der Waals surface area contributed by atoms with E-state index < -0.39 is 0 Å². The van der Waals surface area contributed by atoms with Crippen LogP contribution in [0.15, 0.2) is 60.7 Å². The number of hydrogen-bond acceptors (Lipinski definition) is 0. The molecule has 302 valence electrons. The summed E-state index contributed by atoms with van der Waals surface area (Å²) >= 11 is 0. The van der Waals surface area contributed by atoms with Crippen LogP contribution in [0.3, 0.4) is 0 Å². The highest BCUT2D eigenvalue weighted by Crippen LogP contribution is 2.30. The number of rotatable bonds is 6. The topological polar surface area (TPSA) is 0 Å². The largest absolute Gasteiger partial charge is 0.0654 e. The van der Waals surface area contributed by atoms with Gasteiger partial charge in [0.05, 0.1) is 32.3 Å². The molecular formula is C64H46. The van der Waals surface area contributed by atoms with Gasteiger partial charge in [0.25, 0.3) is 0 Å². The fraction of sp³-hybridized carbons (Fsp3) is 0.250. The van der Waals surface area contributed by atoms with Crippen molar-refractivity contribution in [2.45, 2.75) is 105 Å². The standard InChI is InChI=1S/C64H46/c1-9-11-19-45-39-51-23-15-13-21-49-43-55(63(3,4)5)31-27-47(49)29-33-59-60-34-30-48-28-32-56(64(6,7)8)44-50(48)22-14-16-24-52-40-46(20-12-10-2)42-54-26-18-17-25-53(41-45)57(51)35-37-61(59)62(60)38-36-58(52)54/h27-28,31-32,39-44H,9-12,19-20H2,1-8H3. The number of aryl methyl sites for hydroxylation is 2. The molecule has 0 saturated carbocycles. The van der Waals surface area contributed by atoms with E-state index in [0.717, 1.165) is 125 Å². The first-order valence-electron chi connectivity index (χ1n) is 22.2. The lowest BCUT2D eigenvalue weighted by Crippen LogP contribution is -2.10. The van der Waals surface area contributed by atoms with Crippen LogP contribution in [0.2, 0.25) is 0 Å². The van der Waals surface area contributed by atoms with Crippen molar-refractivity contribution in [2.24, 2.45) is 0 Å². The molecule has 8 aromatic rings. The summed E-state index contributed by atoms with van der Waals surface area (Å²) in [5.41, 5.74) is 4.47. The lowest BCUT2D eigenvalue weighted by Gasteiger charge is -2.18. The predicted molar refractivity (Wildman–Crippen MR) is 262 cm³/mol. The molecule has 0 aromatic heterocycles. The van der Waals surface area contributed by atoms with Gasteiger partial charge in [0, 0.05) is 43.1 Å². The van der Waals surface area contributed by atoms with Gasteiger partial charge in [0.1, 0.15) is 0 Å². The van der Waals surface area contributed by atoms with Crippen molar-refractivity contribution in [2.75, 3.05) is 0 Å². The maximum absolute atomic E-state index is 3.55. The highest BCUT2D eigenvalue weighted by molar-refractivity contribution is 6.22. The van der Waals surface area contributed by atoms with Crippen LogP contribution in [0.5, 0.6) is 0 Å². The molecule has 0 aliphatic rings. The summed E-state index contributed by atoms with van der Waals surface area (Å²) in [5, 5.41) is 10.7. The molecule has 0 heteroatoms. The maximum Gasteiger partial charge on any atom is 0.0588 e. The van der Waals surface area contributed by atoms with Crippen molar-refractivity contribution >= 4 is 75.4 Å². The van der Waals surface area contributed by atoms with Crippen molar-refractivity contribution in [1.82, 2.24) is 0 Å². The Bertz CT molecular complexity index is 3040. The Morgan fingerprint density at radius 1 is 0.312 bits per heavy atom. The molecule has 64 heavy (non-hydrogen) atoms. The first-order chi connectivity index (χ1) is 30.9. The summed E-state index contributed by atoms with van der Waals surface area (Å²) in [6.07, 6.45) is 6.01. The molecule has 0 saturated heterocycles. The van der Waals surface area contributed by atoms with Crippen LogP contribution in [0.1, 0.15) is 103 Å². The molecule has 8 rings (SSSR count). The van der Waals surface area contributed by atoms with Gasteiger partial charge in [-0.2, -0.15) is 0 Å². The van der Waals surface area contributed by atoms with Crippen molar-refractivity contribution in [3.05, 3.63) is 204 Å². The molecule has 0 aliphatic heterocycles. The fourth-order valence-electron chi connectivity index (χ4n) is 7.60. The molecule has 0 spiro atoms. The Kier molecular flexibility index (Phi) is 12.1. The van der Waals surface area contributed by atoms with E-state index in [9.17, 15) is 0 Å². The summed E-state index contributed by atoms with van der Waals surface area (Å²) in [7, 11) is 0. The highest BCUT2D eigenvalue weighted by atomic mass is 14.2. The van der Waals surface area contributed by atoms with Crippen LogP contribution in [-0.2, 0) is 23.7 Å². The molecule has 0 N–H and O–H groups in total. The third kappa shape index (κ3) is 9.39. The second-order valence-corrected chi connectivity index (χ2v) is 18.4. The smallest absolute Gasteiger partial charge is 0.0588 e. The summed E-state index contributed by atoms with van der Waals surface area (Å²) in [6.45, 7) is 17.6. The zero-order valence-corrected chi connectivity index (χ0v) is 38.0. The monoisotopic (exact) mass is 814 g/mol. The molecule has 0 aliphatic carbocycles. The van der Waals surface area contributed by atoms with E-state index in [4.69, 9.17) is 0 Å². The molecule has 0 fully saturated rings. The minimum absolute atomic E-state index is 0.0820. The van der Waals surface area contributed by atoms with Crippen molar-refractivity contribution in [1.29, 1.82) is 0 Å².